The van der Waals surface area contributed by atoms with Gasteiger partial charge in [0.05, 0.1) is 19.8 Å². The lowest BCUT2D eigenvalue weighted by atomic mass is 9.97. The Balaban J connectivity index is 2.10. The maximum atomic E-state index is 14.6. The molecule has 3 rings (SSSR count). The summed E-state index contributed by atoms with van der Waals surface area (Å²) in [4.78, 5) is 35.9. The van der Waals surface area contributed by atoms with E-state index < -0.39 is 137 Å². The van der Waals surface area contributed by atoms with Crippen molar-refractivity contribution in [2.45, 2.75) is 113 Å². The molecule has 3 aliphatic rings. The molecule has 12 N–H and O–H groups in total. The summed E-state index contributed by atoms with van der Waals surface area (Å²) in [6, 6.07) is -5.26. The Morgan fingerprint density at radius 1 is 0.532 bits per heavy atom. The van der Waals surface area contributed by atoms with Crippen molar-refractivity contribution in [3.8, 4) is 0 Å². The number of aliphatic hydroxyl groups excluding tert-OH is 9. The van der Waals surface area contributed by atoms with Crippen LogP contribution in [-0.2, 0) is 46.7 Å². The van der Waals surface area contributed by atoms with E-state index in [4.69, 9.17) is 27.8 Å². The van der Waals surface area contributed by atoms with Gasteiger partial charge in [-0.3, -0.25) is 28.0 Å². The number of aliphatic hydroxyl groups is 9. The average Bonchev–Trinajstić information content (AvgIpc) is 2.99. The van der Waals surface area contributed by atoms with E-state index in [1.54, 1.807) is 0 Å². The second-order valence-corrected chi connectivity index (χ2v) is 12.6. The summed E-state index contributed by atoms with van der Waals surface area (Å²) >= 11 is 0. The minimum atomic E-state index is -5.57. The van der Waals surface area contributed by atoms with E-state index >= 15 is 0 Å². The third-order valence-corrected chi connectivity index (χ3v) is 8.85. The summed E-state index contributed by atoms with van der Waals surface area (Å²) in [7, 11) is -5.57. The molecular weight excluding hydrogens is 665 g/mol. The van der Waals surface area contributed by atoms with Crippen molar-refractivity contribution in [1.82, 2.24) is 16.0 Å². The van der Waals surface area contributed by atoms with Gasteiger partial charge in [-0.2, -0.15) is 0 Å². The number of rotatable bonds is 12. The van der Waals surface area contributed by atoms with Gasteiger partial charge in [-0.05, 0) is 0 Å². The minimum Gasteiger partial charge on any atom is -0.394 e. The molecule has 3 aliphatic heterocycles. The Bertz CT molecular complexity index is 1000. The van der Waals surface area contributed by atoms with Gasteiger partial charge < -0.3 is 76.1 Å². The second-order valence-electron chi connectivity index (χ2n) is 11.1. The van der Waals surface area contributed by atoms with Gasteiger partial charge in [0.15, 0.2) is 18.9 Å². The summed E-state index contributed by atoms with van der Waals surface area (Å²) in [5.41, 5.74) is 0. The first kappa shape index (κ1) is 39.5. The van der Waals surface area contributed by atoms with Crippen LogP contribution in [0.2, 0.25) is 0 Å². The Hall–Kier alpha value is -1.96. The molecule has 0 aromatic heterocycles. The Labute approximate surface area is 267 Å². The molecular formula is C24H42N3O19P. The summed E-state index contributed by atoms with van der Waals surface area (Å²) in [6.45, 7) is 0.209. The maximum absolute atomic E-state index is 14.6. The van der Waals surface area contributed by atoms with Crippen LogP contribution >= 0.6 is 7.82 Å². The summed E-state index contributed by atoms with van der Waals surface area (Å²) < 4.78 is 47.5. The molecule has 0 aliphatic carbocycles. The molecule has 0 radical (unpaired) electrons. The standard InChI is InChI=1S/C24H42N3O19P/c1-7(31)25-13-19(37)16(34)10(4-28)41-22(13)44-47(40,45-23-14(26-8(2)32)20(38)17(35)11(5-29)42-23)46-24-15(27-9(3)33)21(39)18(36)12(6-30)43-24/h10-24,28-30,34-39H,4-6H2,1-3H3,(H,25,31)(H,26,32)(H,27,33)/t10-,11-,12-,13+,14+,15+,16-,17-,18-,19-,20-,21-,22-,23-,24-/m1/s1. The highest BCUT2D eigenvalue weighted by Crippen LogP contribution is 2.56. The lowest BCUT2D eigenvalue weighted by Gasteiger charge is -2.46. The monoisotopic (exact) mass is 707 g/mol. The summed E-state index contributed by atoms with van der Waals surface area (Å²) in [6.07, 6.45) is -22.5. The quantitative estimate of drug-likeness (QED) is 0.0838. The molecule has 0 bridgehead atoms. The van der Waals surface area contributed by atoms with E-state index in [0.29, 0.717) is 0 Å². The maximum Gasteiger partial charge on any atom is 0.482 e. The molecule has 23 heteroatoms. The van der Waals surface area contributed by atoms with Crippen molar-refractivity contribution in [2.75, 3.05) is 19.8 Å². The third kappa shape index (κ3) is 9.39. The molecule has 3 amide bonds. The molecule has 3 fully saturated rings. The molecule has 272 valence electrons. The van der Waals surface area contributed by atoms with Gasteiger partial charge in [0, 0.05) is 20.8 Å². The first-order valence-corrected chi connectivity index (χ1v) is 15.8. The van der Waals surface area contributed by atoms with Crippen molar-refractivity contribution in [3.05, 3.63) is 0 Å². The van der Waals surface area contributed by atoms with Gasteiger partial charge in [-0.25, -0.2) is 4.57 Å². The van der Waals surface area contributed by atoms with Crippen molar-refractivity contribution >= 4 is 25.5 Å². The van der Waals surface area contributed by atoms with Crippen LogP contribution in [0.15, 0.2) is 0 Å². The van der Waals surface area contributed by atoms with E-state index in [1.165, 1.54) is 0 Å². The predicted octanol–water partition coefficient (Wildman–Crippen LogP) is -7.02. The molecule has 3 heterocycles. The number of hydrogen-bond donors (Lipinski definition) is 12. The first-order valence-electron chi connectivity index (χ1n) is 14.3. The number of phosphoric ester groups is 1. The number of ether oxygens (including phenoxy) is 3. The fourth-order valence-electron chi connectivity index (χ4n) is 5.14. The Morgan fingerprint density at radius 2 is 0.766 bits per heavy atom. The highest BCUT2D eigenvalue weighted by Gasteiger charge is 2.55. The molecule has 0 aromatic carbocycles. The summed E-state index contributed by atoms with van der Waals surface area (Å²) in [5, 5.41) is 99.0. The third-order valence-electron chi connectivity index (χ3n) is 7.45. The number of carbonyl (C=O) groups is 3. The van der Waals surface area contributed by atoms with E-state index in [2.05, 4.69) is 16.0 Å². The van der Waals surface area contributed by atoms with Crippen LogP contribution in [0.25, 0.3) is 0 Å². The topological polar surface area (TPSA) is 342 Å². The molecule has 22 nitrogen and oxygen atoms in total. The van der Waals surface area contributed by atoms with E-state index in [-0.39, 0.29) is 0 Å². The van der Waals surface area contributed by atoms with Crippen LogP contribution < -0.4 is 16.0 Å². The molecule has 0 spiro atoms. The Kier molecular flexibility index (Phi) is 14.0. The normalized spacial score (nSPS) is 41.1. The molecule has 3 saturated heterocycles. The molecule has 15 atom stereocenters. The largest absolute Gasteiger partial charge is 0.482 e. The number of phosphoric acid groups is 1. The fourth-order valence-corrected chi connectivity index (χ4v) is 6.59. The number of amides is 3. The van der Waals surface area contributed by atoms with Crippen LogP contribution in [0.1, 0.15) is 20.8 Å². The van der Waals surface area contributed by atoms with Gasteiger partial charge in [0.2, 0.25) is 17.7 Å². The number of carbonyl (C=O) groups excluding carboxylic acids is 3. The van der Waals surface area contributed by atoms with Crippen LogP contribution in [-0.4, -0.2) is 175 Å². The number of nitrogens with one attached hydrogen (secondary N) is 3. The van der Waals surface area contributed by atoms with Gasteiger partial charge in [-0.15, -0.1) is 0 Å². The number of hydrogen-bond acceptors (Lipinski definition) is 19. The van der Waals surface area contributed by atoms with Crippen LogP contribution in [0.4, 0.5) is 0 Å². The van der Waals surface area contributed by atoms with Crippen molar-refractivity contribution in [3.63, 3.8) is 0 Å². The van der Waals surface area contributed by atoms with Crippen LogP contribution in [0, 0.1) is 0 Å². The van der Waals surface area contributed by atoms with Gasteiger partial charge >= 0.3 is 7.82 Å². The highest BCUT2D eigenvalue weighted by molar-refractivity contribution is 7.48. The van der Waals surface area contributed by atoms with Gasteiger partial charge in [0.1, 0.15) is 73.1 Å². The lowest BCUT2D eigenvalue weighted by molar-refractivity contribution is -0.280. The first-order chi connectivity index (χ1) is 22.0. The van der Waals surface area contributed by atoms with Gasteiger partial charge in [-0.1, -0.05) is 0 Å². The molecule has 0 unspecified atom stereocenters. The van der Waals surface area contributed by atoms with Crippen LogP contribution in [0.3, 0.4) is 0 Å². The lowest BCUT2D eigenvalue weighted by Crippen LogP contribution is -2.66. The van der Waals surface area contributed by atoms with E-state index in [9.17, 15) is 64.9 Å². The zero-order valence-corrected chi connectivity index (χ0v) is 26.2. The molecule has 47 heavy (non-hydrogen) atoms. The zero-order chi connectivity index (χ0) is 35.4. The van der Waals surface area contributed by atoms with Gasteiger partial charge in [0.25, 0.3) is 0 Å². The van der Waals surface area contributed by atoms with Crippen LogP contribution in [0.5, 0.6) is 0 Å². The smallest absolute Gasteiger partial charge is 0.394 e. The molecule has 0 saturated carbocycles. The predicted molar refractivity (Wildman–Crippen MR) is 147 cm³/mol. The SMILES string of the molecule is CC(=O)N[C@@H]1[C@@H](OP(=O)(O[C@H]2O[C@H](CO)[C@@H](O)[C@H](O)[C@@H]2NC(C)=O)O[C@H]2O[C@H](CO)[C@@H](O)[C@H](O)[C@@H]2NC(C)=O)O[C@H](CO)[C@@H](O)[C@@H]1O. The van der Waals surface area contributed by atoms with E-state index in [1.807, 2.05) is 0 Å². The average molecular weight is 708 g/mol. The second kappa shape index (κ2) is 16.6. The molecule has 0 aromatic rings. The summed E-state index contributed by atoms with van der Waals surface area (Å²) in [5.74, 6) is -2.44. The van der Waals surface area contributed by atoms with E-state index in [0.717, 1.165) is 20.8 Å². The minimum absolute atomic E-state index is 0.814. The van der Waals surface area contributed by atoms with Crippen molar-refractivity contribution in [1.29, 1.82) is 0 Å². The fraction of sp³-hybridized carbons (Fsp3) is 0.875. The van der Waals surface area contributed by atoms with Crippen molar-refractivity contribution in [2.24, 2.45) is 0 Å². The Morgan fingerprint density at radius 3 is 0.957 bits per heavy atom. The zero-order valence-electron chi connectivity index (χ0n) is 25.3. The highest BCUT2D eigenvalue weighted by atomic mass is 31.2. The van der Waals surface area contributed by atoms with Crippen molar-refractivity contribution < 1.29 is 92.7 Å².